The summed E-state index contributed by atoms with van der Waals surface area (Å²) in [4.78, 5) is 36.9. The second-order valence-corrected chi connectivity index (χ2v) is 10.2. The van der Waals surface area contributed by atoms with Crippen molar-refractivity contribution in [3.8, 4) is 0 Å². The molecule has 4 fully saturated rings. The Bertz CT molecular complexity index is 892. The van der Waals surface area contributed by atoms with E-state index in [4.69, 9.17) is 22.1 Å². The van der Waals surface area contributed by atoms with Crippen molar-refractivity contribution in [1.29, 1.82) is 0 Å². The first kappa shape index (κ1) is 19.4. The number of epoxide rings is 1. The highest BCUT2D eigenvalue weighted by atomic mass is 32.1. The summed E-state index contributed by atoms with van der Waals surface area (Å²) in [5.74, 6) is 0.131. The second kappa shape index (κ2) is 5.79. The molecule has 0 aromatic heterocycles. The van der Waals surface area contributed by atoms with E-state index >= 15 is 0 Å². The van der Waals surface area contributed by atoms with Gasteiger partial charge in [0.05, 0.1) is 11.2 Å². The molecule has 3 saturated carbocycles. The lowest BCUT2D eigenvalue weighted by molar-refractivity contribution is -0.181. The molecule has 0 amide bonds. The highest BCUT2D eigenvalue weighted by Gasteiger charge is 2.81. The molecule has 0 N–H and O–H groups in total. The van der Waals surface area contributed by atoms with Gasteiger partial charge in [0.15, 0.2) is 11.4 Å². The molecular weight excluding hydrogens is 388 g/mol. The summed E-state index contributed by atoms with van der Waals surface area (Å²) in [7, 11) is 0. The van der Waals surface area contributed by atoms with Gasteiger partial charge in [0.25, 0.3) is 0 Å². The molecular formula is C23H27O5S-. The first-order valence-electron chi connectivity index (χ1n) is 10.7. The van der Waals surface area contributed by atoms with Crippen LogP contribution in [0.4, 0.5) is 0 Å². The number of fused-ring (bicyclic) bond motifs is 3. The summed E-state index contributed by atoms with van der Waals surface area (Å²) in [5.41, 5.74) is -1.20. The Morgan fingerprint density at radius 2 is 2.03 bits per heavy atom. The zero-order valence-electron chi connectivity index (χ0n) is 17.2. The fourth-order valence-corrected chi connectivity index (χ4v) is 7.82. The van der Waals surface area contributed by atoms with Crippen LogP contribution in [0, 0.1) is 22.7 Å². The molecule has 0 aromatic rings. The summed E-state index contributed by atoms with van der Waals surface area (Å²) in [6, 6.07) is 0. The van der Waals surface area contributed by atoms with Gasteiger partial charge in [-0.05, 0) is 63.0 Å². The van der Waals surface area contributed by atoms with Crippen molar-refractivity contribution in [2.45, 2.75) is 76.6 Å². The van der Waals surface area contributed by atoms with E-state index in [1.165, 1.54) is 0 Å². The molecule has 1 aliphatic heterocycles. The maximum Gasteiger partial charge on any atom is 0.306 e. The molecule has 29 heavy (non-hydrogen) atoms. The number of allylic oxidation sites excluding steroid dienone is 2. The van der Waals surface area contributed by atoms with Crippen molar-refractivity contribution in [3.63, 3.8) is 0 Å². The van der Waals surface area contributed by atoms with E-state index < -0.39 is 16.1 Å². The van der Waals surface area contributed by atoms with Gasteiger partial charge in [0.1, 0.15) is 5.60 Å². The van der Waals surface area contributed by atoms with E-state index in [1.807, 2.05) is 6.08 Å². The van der Waals surface area contributed by atoms with Crippen LogP contribution in [-0.2, 0) is 36.5 Å². The highest BCUT2D eigenvalue weighted by molar-refractivity contribution is 7.77. The summed E-state index contributed by atoms with van der Waals surface area (Å²) in [6.07, 6.45) is 9.42. The van der Waals surface area contributed by atoms with E-state index in [0.717, 1.165) is 24.8 Å². The molecule has 1 saturated heterocycles. The van der Waals surface area contributed by atoms with E-state index in [2.05, 4.69) is 13.8 Å². The fourth-order valence-electron chi connectivity index (χ4n) is 7.45. The standard InChI is InChI=1S/C23H28O5S/c1-4-18(25)28-22(19(26)29)10-8-15-16-6-5-13-11-14(24)7-9-20(13,2)23(16)17(27-23)12-21(15,22)3/h7,9,11,15-17H,4-6,8,10,12H2,1-3H3,(H,26,29)/p-1/t15?,16?,17-,20?,21?,22-,23+/m0/s1. The highest BCUT2D eigenvalue weighted by Crippen LogP contribution is 2.76. The predicted octanol–water partition coefficient (Wildman–Crippen LogP) is 3.19. The number of ketones is 1. The van der Waals surface area contributed by atoms with Crippen LogP contribution in [0.15, 0.2) is 23.8 Å². The molecule has 6 heteroatoms. The minimum absolute atomic E-state index is 0.0209. The number of hydrogen-bond donors (Lipinski definition) is 0. The van der Waals surface area contributed by atoms with E-state index in [0.29, 0.717) is 12.8 Å². The van der Waals surface area contributed by atoms with Gasteiger partial charge in [-0.25, -0.2) is 0 Å². The number of carbonyl (C=O) groups is 3. The molecule has 7 atom stereocenters. The van der Waals surface area contributed by atoms with Crippen molar-refractivity contribution in [1.82, 2.24) is 0 Å². The van der Waals surface area contributed by atoms with Crippen molar-refractivity contribution >= 4 is 29.5 Å². The Hall–Kier alpha value is -1.53. The molecule has 5 rings (SSSR count). The molecule has 4 unspecified atom stereocenters. The third-order valence-corrected chi connectivity index (χ3v) is 9.29. The monoisotopic (exact) mass is 415 g/mol. The molecule has 0 radical (unpaired) electrons. The third-order valence-electron chi connectivity index (χ3n) is 8.96. The van der Waals surface area contributed by atoms with Gasteiger partial charge in [-0.2, -0.15) is 0 Å². The molecule has 5 aliphatic rings. The van der Waals surface area contributed by atoms with Gasteiger partial charge in [0, 0.05) is 17.3 Å². The molecule has 0 aromatic carbocycles. The zero-order valence-corrected chi connectivity index (χ0v) is 18.0. The van der Waals surface area contributed by atoms with Crippen LogP contribution in [-0.4, -0.2) is 34.2 Å². The van der Waals surface area contributed by atoms with E-state index in [1.54, 1.807) is 19.1 Å². The van der Waals surface area contributed by atoms with Crippen LogP contribution in [0.1, 0.15) is 59.3 Å². The SMILES string of the molecule is CCC(=O)O[C@]1(C(=O)[S-])CCC2C3CCC4=CC(=O)C=CC4(C)[C@@]34O[C@H]4CC21C. The summed E-state index contributed by atoms with van der Waals surface area (Å²) < 4.78 is 12.3. The third kappa shape index (κ3) is 2.12. The van der Waals surface area contributed by atoms with Crippen molar-refractivity contribution < 1.29 is 23.9 Å². The summed E-state index contributed by atoms with van der Waals surface area (Å²) in [5, 5.41) is -0.455. The van der Waals surface area contributed by atoms with Crippen LogP contribution < -0.4 is 0 Å². The number of esters is 1. The lowest BCUT2D eigenvalue weighted by Gasteiger charge is -2.56. The Morgan fingerprint density at radius 3 is 2.72 bits per heavy atom. The lowest BCUT2D eigenvalue weighted by atomic mass is 9.47. The van der Waals surface area contributed by atoms with Crippen LogP contribution in [0.25, 0.3) is 0 Å². The Kier molecular flexibility index (Phi) is 3.88. The van der Waals surface area contributed by atoms with Crippen molar-refractivity contribution in [3.05, 3.63) is 23.8 Å². The van der Waals surface area contributed by atoms with Crippen LogP contribution in [0.3, 0.4) is 0 Å². The van der Waals surface area contributed by atoms with Crippen LogP contribution in [0.2, 0.25) is 0 Å². The van der Waals surface area contributed by atoms with Crippen molar-refractivity contribution in [2.75, 3.05) is 0 Å². The van der Waals surface area contributed by atoms with Crippen LogP contribution in [0.5, 0.6) is 0 Å². The average molecular weight is 416 g/mol. The van der Waals surface area contributed by atoms with Gasteiger partial charge in [0.2, 0.25) is 0 Å². The maximum absolute atomic E-state index is 12.7. The molecule has 4 aliphatic carbocycles. The topological polar surface area (TPSA) is 73.0 Å². The zero-order chi connectivity index (χ0) is 20.8. The Morgan fingerprint density at radius 1 is 1.28 bits per heavy atom. The predicted molar refractivity (Wildman–Crippen MR) is 108 cm³/mol. The number of ether oxygens (including phenoxy) is 2. The van der Waals surface area contributed by atoms with Gasteiger partial charge in [-0.3, -0.25) is 9.59 Å². The average Bonchev–Trinajstić information content (AvgIpc) is 3.31. The maximum atomic E-state index is 12.7. The quantitative estimate of drug-likeness (QED) is 0.400. The number of rotatable bonds is 3. The Labute approximate surface area is 176 Å². The van der Waals surface area contributed by atoms with Crippen molar-refractivity contribution in [2.24, 2.45) is 22.7 Å². The molecule has 0 bridgehead atoms. The van der Waals surface area contributed by atoms with Crippen LogP contribution >= 0.6 is 0 Å². The lowest BCUT2D eigenvalue weighted by Crippen LogP contribution is -2.62. The van der Waals surface area contributed by atoms with E-state index in [9.17, 15) is 14.4 Å². The molecule has 156 valence electrons. The molecule has 1 spiro atoms. The first-order valence-corrected chi connectivity index (χ1v) is 11.1. The van der Waals surface area contributed by atoms with Gasteiger partial charge in [-0.1, -0.05) is 25.5 Å². The Balaban J connectivity index is 1.57. The van der Waals surface area contributed by atoms with Gasteiger partial charge < -0.3 is 26.9 Å². The normalized spacial score (nSPS) is 49.3. The number of hydrogen-bond acceptors (Lipinski definition) is 6. The largest absolute Gasteiger partial charge is 0.738 e. The first-order chi connectivity index (χ1) is 13.6. The second-order valence-electron chi connectivity index (χ2n) is 9.86. The smallest absolute Gasteiger partial charge is 0.306 e. The molecule has 5 nitrogen and oxygen atoms in total. The van der Waals surface area contributed by atoms with Gasteiger partial charge in [-0.15, -0.1) is 0 Å². The van der Waals surface area contributed by atoms with E-state index in [-0.39, 0.29) is 47.1 Å². The summed E-state index contributed by atoms with van der Waals surface area (Å²) >= 11 is 5.17. The minimum Gasteiger partial charge on any atom is -0.738 e. The minimum atomic E-state index is -1.23. The fraction of sp³-hybridized carbons (Fsp3) is 0.696. The van der Waals surface area contributed by atoms with Gasteiger partial charge >= 0.3 is 5.97 Å². The summed E-state index contributed by atoms with van der Waals surface area (Å²) in [6.45, 7) is 6.01. The number of carbonyl (C=O) groups excluding carboxylic acids is 3. The molecule has 1 heterocycles.